The maximum atomic E-state index is 14.2. The molecule has 27 nitrogen and oxygen atoms in total. The Morgan fingerprint density at radius 2 is 1.32 bits per heavy atom. The molecule has 0 aliphatic carbocycles. The maximum absolute atomic E-state index is 14.2. The number of carboxylic acids is 3. The molecule has 0 aromatic carbocycles. The van der Waals surface area contributed by atoms with Gasteiger partial charge in [0.2, 0.25) is 41.4 Å². The van der Waals surface area contributed by atoms with E-state index in [0.717, 1.165) is 4.90 Å². The summed E-state index contributed by atoms with van der Waals surface area (Å²) in [4.78, 5) is 143. The van der Waals surface area contributed by atoms with Crippen molar-refractivity contribution in [2.45, 2.75) is 133 Å². The van der Waals surface area contributed by atoms with Crippen LogP contribution in [0.1, 0.15) is 77.8 Å². The van der Waals surface area contributed by atoms with Crippen molar-refractivity contribution in [2.24, 2.45) is 28.1 Å². The lowest BCUT2D eigenvalue weighted by molar-refractivity contribution is -0.149. The number of nitrogens with one attached hydrogen (secondary N) is 6. The van der Waals surface area contributed by atoms with E-state index in [-0.39, 0.29) is 64.1 Å². The van der Waals surface area contributed by atoms with Crippen molar-refractivity contribution in [2.75, 3.05) is 19.6 Å². The molecule has 0 bridgehead atoms. The molecule has 0 saturated carbocycles. The molecule has 3 heterocycles. The topological polar surface area (TPSA) is 437 Å². The second-order valence-electron chi connectivity index (χ2n) is 16.4. The number of H-pyrrole nitrogens is 1. The van der Waals surface area contributed by atoms with Gasteiger partial charge in [-0.15, -0.1) is 0 Å². The van der Waals surface area contributed by atoms with Crippen LogP contribution in [0.15, 0.2) is 17.5 Å². The van der Waals surface area contributed by atoms with E-state index in [1.54, 1.807) is 13.8 Å². The summed E-state index contributed by atoms with van der Waals surface area (Å²) >= 11 is 0. The van der Waals surface area contributed by atoms with Crippen LogP contribution >= 0.6 is 0 Å². The molecule has 2 aliphatic rings. The number of hydrogen-bond donors (Lipinski definition) is 13. The predicted octanol–water partition coefficient (Wildman–Crippen LogP) is -5.19. The Kier molecular flexibility index (Phi) is 20.2. The molecule has 2 saturated heterocycles. The summed E-state index contributed by atoms with van der Waals surface area (Å²) < 4.78 is 0. The van der Waals surface area contributed by atoms with Gasteiger partial charge in [-0.2, -0.15) is 0 Å². The van der Waals surface area contributed by atoms with Crippen molar-refractivity contribution < 1.29 is 68.4 Å². The summed E-state index contributed by atoms with van der Waals surface area (Å²) in [7, 11) is 0. The SMILES string of the molecule is CC(C)[C@H](NC(=O)[C@@H]1CCCN1C(=O)[C@H](CCCN=C(N)N)NC(=O)[C@H](CC(=O)O)NC(=O)[C@@H](N)Cc1cnc[nH]1)C(=O)N[C@H](C(=O)N1CCC[C@H]1C(=O)N[C@@H](CC(=O)O)C(=O)O)[C@@H](C)O. The molecule has 1 aromatic heterocycles. The molecule has 16 N–H and O–H groups in total. The Balaban J connectivity index is 1.78. The monoisotopic (exact) mass is 935 g/mol. The number of rotatable bonds is 25. The molecule has 0 unspecified atom stereocenters. The minimum atomic E-state index is -1.79. The van der Waals surface area contributed by atoms with Crippen LogP contribution in [0.5, 0.6) is 0 Å². The van der Waals surface area contributed by atoms with E-state index in [0.29, 0.717) is 12.1 Å². The molecule has 9 atom stereocenters. The minimum Gasteiger partial charge on any atom is -0.481 e. The van der Waals surface area contributed by atoms with Gasteiger partial charge in [0.05, 0.1) is 31.3 Å². The molecule has 1 aromatic rings. The van der Waals surface area contributed by atoms with E-state index >= 15 is 0 Å². The van der Waals surface area contributed by atoms with Crippen molar-refractivity contribution in [3.05, 3.63) is 18.2 Å². The average Bonchev–Trinajstić information content (AvgIpc) is 4.04. The zero-order chi connectivity index (χ0) is 49.4. The molecular formula is C39H61N13O14. The standard InChI is InChI=1S/C39H61N13O14/c1-18(2)29(35(62)50-30(19(3)53)37(64)52-12-6-8-25(52)33(60)48-24(38(65)66)15-28(56)57)49-34(61)26-9-5-11-51(26)36(63)22(7-4-10-44-39(41)42)46-32(59)23(14-27(54)55)47-31(58)21(40)13-20-16-43-17-45-20/h16-19,21-26,29-30,53H,4-15,40H2,1-3H3,(H,43,45)(H,46,59)(H,47,58)(H,48,60)(H,49,61)(H,50,62)(H,54,55)(H,56,57)(H,65,66)(H4,41,42,44)/t19-,21+,22+,23+,24+,25+,26+,29+,30+/m1/s1. The molecule has 7 amide bonds. The second kappa shape index (κ2) is 25.0. The van der Waals surface area contributed by atoms with Gasteiger partial charge in [-0.25, -0.2) is 9.78 Å². The smallest absolute Gasteiger partial charge is 0.326 e. The fraction of sp³-hybridized carbons (Fsp3) is 0.641. The summed E-state index contributed by atoms with van der Waals surface area (Å²) in [6, 6.07) is -11.5. The zero-order valence-electron chi connectivity index (χ0n) is 36.8. The number of aliphatic carboxylic acids is 3. The third-order valence-electron chi connectivity index (χ3n) is 10.9. The van der Waals surface area contributed by atoms with E-state index in [9.17, 15) is 63.3 Å². The van der Waals surface area contributed by atoms with Crippen molar-refractivity contribution >= 4 is 65.2 Å². The number of aliphatic imine (C=N–C) groups is 1. The van der Waals surface area contributed by atoms with Crippen LogP contribution in [0, 0.1) is 5.92 Å². The van der Waals surface area contributed by atoms with Gasteiger partial charge in [-0.1, -0.05) is 13.8 Å². The van der Waals surface area contributed by atoms with Crippen LogP contribution in [0.2, 0.25) is 0 Å². The Labute approximate surface area is 378 Å². The number of carbonyl (C=O) groups excluding carboxylic acids is 7. The number of imidazole rings is 1. The number of aromatic amines is 1. The summed E-state index contributed by atoms with van der Waals surface area (Å²) in [5, 5.41) is 50.7. The number of aliphatic hydroxyl groups is 1. The Morgan fingerprint density at radius 3 is 1.83 bits per heavy atom. The van der Waals surface area contributed by atoms with E-state index in [1.165, 1.54) is 24.3 Å². The first-order chi connectivity index (χ1) is 31.0. The lowest BCUT2D eigenvalue weighted by Gasteiger charge is -2.33. The summed E-state index contributed by atoms with van der Waals surface area (Å²) in [6.45, 7) is 4.39. The molecule has 2 fully saturated rings. The van der Waals surface area contributed by atoms with Gasteiger partial charge >= 0.3 is 17.9 Å². The van der Waals surface area contributed by atoms with Gasteiger partial charge in [-0.05, 0) is 51.4 Å². The van der Waals surface area contributed by atoms with Gasteiger partial charge in [0.1, 0.15) is 42.3 Å². The first-order valence-corrected chi connectivity index (χ1v) is 21.3. The fourth-order valence-electron chi connectivity index (χ4n) is 7.47. The number of aliphatic hydroxyl groups excluding tert-OH is 1. The molecular weight excluding hydrogens is 875 g/mol. The molecule has 2 aliphatic heterocycles. The largest absolute Gasteiger partial charge is 0.481 e. The van der Waals surface area contributed by atoms with Crippen LogP contribution in [-0.2, 0) is 54.4 Å². The number of nitrogens with zero attached hydrogens (tertiary/aromatic N) is 4. The third-order valence-corrected chi connectivity index (χ3v) is 10.9. The van der Waals surface area contributed by atoms with Crippen LogP contribution in [0.25, 0.3) is 0 Å². The van der Waals surface area contributed by atoms with Gasteiger partial charge < -0.3 is 79.0 Å². The molecule has 66 heavy (non-hydrogen) atoms. The van der Waals surface area contributed by atoms with E-state index in [1.807, 2.05) is 0 Å². The number of guanidine groups is 1. The highest BCUT2D eigenvalue weighted by Crippen LogP contribution is 2.22. The average molecular weight is 936 g/mol. The van der Waals surface area contributed by atoms with E-state index < -0.39 is 132 Å². The highest BCUT2D eigenvalue weighted by Gasteiger charge is 2.43. The lowest BCUT2D eigenvalue weighted by atomic mass is 10.0. The number of carboxylic acid groups (broad SMARTS) is 3. The van der Waals surface area contributed by atoms with Gasteiger partial charge in [-0.3, -0.25) is 48.1 Å². The molecule has 3 rings (SSSR count). The number of aromatic nitrogens is 2. The quantitative estimate of drug-likeness (QED) is 0.0248. The number of amides is 7. The van der Waals surface area contributed by atoms with Crippen molar-refractivity contribution in [1.29, 1.82) is 0 Å². The minimum absolute atomic E-state index is 0.0198. The van der Waals surface area contributed by atoms with Gasteiger partial charge in [0.15, 0.2) is 5.96 Å². The normalized spacial score (nSPS) is 18.9. The number of carbonyl (C=O) groups is 10. The van der Waals surface area contributed by atoms with Gasteiger partial charge in [0, 0.05) is 37.9 Å². The van der Waals surface area contributed by atoms with Crippen molar-refractivity contribution in [3.8, 4) is 0 Å². The van der Waals surface area contributed by atoms with Gasteiger partial charge in [0.25, 0.3) is 0 Å². The molecule has 366 valence electrons. The maximum Gasteiger partial charge on any atom is 0.326 e. The van der Waals surface area contributed by atoms with E-state index in [4.69, 9.17) is 22.3 Å². The Morgan fingerprint density at radius 1 is 0.758 bits per heavy atom. The second-order valence-corrected chi connectivity index (χ2v) is 16.4. The summed E-state index contributed by atoms with van der Waals surface area (Å²) in [6.07, 6.45) is 0.230. The fourth-order valence-corrected chi connectivity index (χ4v) is 7.47. The van der Waals surface area contributed by atoms with E-state index in [2.05, 4.69) is 41.5 Å². The Hall–Kier alpha value is -6.90. The predicted molar refractivity (Wildman–Crippen MR) is 228 cm³/mol. The summed E-state index contributed by atoms with van der Waals surface area (Å²) in [5.74, 6) is -11.6. The van der Waals surface area contributed by atoms with Crippen LogP contribution < -0.4 is 43.8 Å². The van der Waals surface area contributed by atoms with Crippen LogP contribution in [-0.4, -0.2) is 179 Å². The van der Waals surface area contributed by atoms with Crippen molar-refractivity contribution in [1.82, 2.24) is 46.4 Å². The number of hydrogen-bond acceptors (Lipinski definition) is 14. The number of nitrogens with two attached hydrogens (primary N) is 3. The highest BCUT2D eigenvalue weighted by atomic mass is 16.4. The first kappa shape index (κ1) is 53.4. The first-order valence-electron chi connectivity index (χ1n) is 21.3. The number of likely N-dealkylation sites (tertiary alicyclic amines) is 2. The van der Waals surface area contributed by atoms with Crippen LogP contribution in [0.3, 0.4) is 0 Å². The van der Waals surface area contributed by atoms with Crippen LogP contribution in [0.4, 0.5) is 0 Å². The lowest BCUT2D eigenvalue weighted by Crippen LogP contribution is -2.62. The molecule has 0 radical (unpaired) electrons. The Bertz CT molecular complexity index is 1960. The highest BCUT2D eigenvalue weighted by molar-refractivity contribution is 5.99. The zero-order valence-corrected chi connectivity index (χ0v) is 36.8. The third kappa shape index (κ3) is 15.7. The molecule has 0 spiro atoms. The summed E-state index contributed by atoms with van der Waals surface area (Å²) in [5.41, 5.74) is 17.4. The molecule has 27 heteroatoms. The van der Waals surface area contributed by atoms with Crippen molar-refractivity contribution in [3.63, 3.8) is 0 Å².